The predicted molar refractivity (Wildman–Crippen MR) is 117 cm³/mol. The lowest BCUT2D eigenvalue weighted by Gasteiger charge is -2.36. The van der Waals surface area contributed by atoms with Crippen molar-refractivity contribution in [2.24, 2.45) is 0 Å². The summed E-state index contributed by atoms with van der Waals surface area (Å²) in [4.78, 5) is 31.4. The van der Waals surface area contributed by atoms with Gasteiger partial charge in [0.1, 0.15) is 5.56 Å². The number of benzene rings is 2. The summed E-state index contributed by atoms with van der Waals surface area (Å²) in [5.41, 5.74) is -0.514. The summed E-state index contributed by atoms with van der Waals surface area (Å²) >= 11 is 0. The van der Waals surface area contributed by atoms with Crippen molar-refractivity contribution in [1.82, 2.24) is 9.88 Å². The summed E-state index contributed by atoms with van der Waals surface area (Å²) in [6, 6.07) is 11.1. The molecular formula is C24H19F4N3O4. The Labute approximate surface area is 197 Å². The molecule has 0 bridgehead atoms. The van der Waals surface area contributed by atoms with Crippen molar-refractivity contribution >= 4 is 17.6 Å². The average molecular weight is 489 g/mol. The van der Waals surface area contributed by atoms with Crippen LogP contribution in [-0.2, 0) is 6.18 Å². The first-order valence-corrected chi connectivity index (χ1v) is 10.5. The molecule has 2 heterocycles. The standard InChI is InChI=1S/C24H19F4N3O4/c25-19-13-15(23(33)34)6-7-20(19)35-21-18(5-2-8-29-21)22(32)31-11-9-30(10-12-31)17-4-1-3-16(14-17)24(26,27)28/h1-8,13-14H,9-12H2,(H,33,34). The third kappa shape index (κ3) is 5.34. The maximum Gasteiger partial charge on any atom is 0.416 e. The molecule has 182 valence electrons. The molecular weight excluding hydrogens is 470 g/mol. The van der Waals surface area contributed by atoms with Gasteiger partial charge in [0.2, 0.25) is 5.88 Å². The van der Waals surface area contributed by atoms with Gasteiger partial charge in [-0.3, -0.25) is 4.79 Å². The van der Waals surface area contributed by atoms with Crippen LogP contribution >= 0.6 is 0 Å². The van der Waals surface area contributed by atoms with E-state index in [-0.39, 0.29) is 35.8 Å². The van der Waals surface area contributed by atoms with E-state index in [2.05, 4.69) is 4.98 Å². The summed E-state index contributed by atoms with van der Waals surface area (Å²) in [6.45, 7) is 1.11. The van der Waals surface area contributed by atoms with E-state index in [4.69, 9.17) is 9.84 Å². The van der Waals surface area contributed by atoms with Gasteiger partial charge in [0.15, 0.2) is 11.6 Å². The number of aromatic nitrogens is 1. The number of anilines is 1. The monoisotopic (exact) mass is 489 g/mol. The zero-order chi connectivity index (χ0) is 25.2. The van der Waals surface area contributed by atoms with Crippen molar-refractivity contribution in [1.29, 1.82) is 0 Å². The Morgan fingerprint density at radius 2 is 1.71 bits per heavy atom. The number of carbonyl (C=O) groups excluding carboxylic acids is 1. The van der Waals surface area contributed by atoms with E-state index < -0.39 is 29.4 Å². The summed E-state index contributed by atoms with van der Waals surface area (Å²) < 4.78 is 58.9. The normalized spacial score (nSPS) is 14.1. The summed E-state index contributed by atoms with van der Waals surface area (Å²) in [5.74, 6) is -3.10. The molecule has 0 saturated carbocycles. The number of amides is 1. The first-order valence-electron chi connectivity index (χ1n) is 10.5. The van der Waals surface area contributed by atoms with Gasteiger partial charge in [-0.2, -0.15) is 13.2 Å². The fraction of sp³-hybridized carbons (Fsp3) is 0.208. The molecule has 11 heteroatoms. The molecule has 0 spiro atoms. The molecule has 2 aromatic carbocycles. The molecule has 0 atom stereocenters. The molecule has 1 aliphatic heterocycles. The first kappa shape index (κ1) is 24.0. The Bertz CT molecular complexity index is 1260. The maximum atomic E-state index is 14.3. The summed E-state index contributed by atoms with van der Waals surface area (Å²) in [7, 11) is 0. The van der Waals surface area contributed by atoms with Crippen LogP contribution in [-0.4, -0.2) is 53.0 Å². The van der Waals surface area contributed by atoms with E-state index in [1.165, 1.54) is 29.3 Å². The summed E-state index contributed by atoms with van der Waals surface area (Å²) in [6.07, 6.45) is -3.08. The number of ether oxygens (including phenoxy) is 1. The Hall–Kier alpha value is -4.15. The van der Waals surface area contributed by atoms with Gasteiger partial charge in [0, 0.05) is 38.1 Å². The molecule has 4 rings (SSSR count). The van der Waals surface area contributed by atoms with E-state index >= 15 is 0 Å². The minimum absolute atomic E-state index is 0.0710. The van der Waals surface area contributed by atoms with E-state index in [1.54, 1.807) is 11.0 Å². The van der Waals surface area contributed by atoms with Gasteiger partial charge in [0.25, 0.3) is 5.91 Å². The average Bonchev–Trinajstić information content (AvgIpc) is 2.85. The highest BCUT2D eigenvalue weighted by molar-refractivity contribution is 5.96. The van der Waals surface area contributed by atoms with E-state index in [0.29, 0.717) is 18.8 Å². The SMILES string of the molecule is O=C(O)c1ccc(Oc2ncccc2C(=O)N2CCN(c3cccc(C(F)(F)F)c3)CC2)c(F)c1. The van der Waals surface area contributed by atoms with Crippen LogP contribution in [0.4, 0.5) is 23.2 Å². The number of halogens is 4. The largest absolute Gasteiger partial charge is 0.478 e. The second-order valence-electron chi connectivity index (χ2n) is 7.74. The van der Waals surface area contributed by atoms with Crippen LogP contribution < -0.4 is 9.64 Å². The van der Waals surface area contributed by atoms with Crippen LogP contribution in [0.3, 0.4) is 0 Å². The van der Waals surface area contributed by atoms with Crippen LogP contribution in [0, 0.1) is 5.82 Å². The van der Waals surface area contributed by atoms with Crippen LogP contribution in [0.1, 0.15) is 26.3 Å². The second-order valence-corrected chi connectivity index (χ2v) is 7.74. The third-order valence-electron chi connectivity index (χ3n) is 5.49. The third-order valence-corrected chi connectivity index (χ3v) is 5.49. The van der Waals surface area contributed by atoms with E-state index in [1.807, 2.05) is 0 Å². The zero-order valence-corrected chi connectivity index (χ0v) is 18.1. The molecule has 1 aromatic heterocycles. The summed E-state index contributed by atoms with van der Waals surface area (Å²) in [5, 5.41) is 8.97. The van der Waals surface area contributed by atoms with Crippen LogP contribution in [0.2, 0.25) is 0 Å². The molecule has 7 nitrogen and oxygen atoms in total. The van der Waals surface area contributed by atoms with E-state index in [0.717, 1.165) is 30.3 Å². The van der Waals surface area contributed by atoms with Crippen LogP contribution in [0.5, 0.6) is 11.6 Å². The van der Waals surface area contributed by atoms with Gasteiger partial charge < -0.3 is 19.6 Å². The van der Waals surface area contributed by atoms with Gasteiger partial charge in [-0.15, -0.1) is 0 Å². The topological polar surface area (TPSA) is 83.0 Å². The number of hydrogen-bond donors (Lipinski definition) is 1. The lowest BCUT2D eigenvalue weighted by Crippen LogP contribution is -2.48. The number of carbonyl (C=O) groups is 2. The van der Waals surface area contributed by atoms with Crippen LogP contribution in [0.25, 0.3) is 0 Å². The van der Waals surface area contributed by atoms with Gasteiger partial charge in [-0.25, -0.2) is 14.2 Å². The highest BCUT2D eigenvalue weighted by Crippen LogP contribution is 2.32. The number of aromatic carboxylic acids is 1. The second kappa shape index (κ2) is 9.61. The number of nitrogens with zero attached hydrogens (tertiary/aromatic N) is 3. The maximum absolute atomic E-state index is 14.3. The van der Waals surface area contributed by atoms with Gasteiger partial charge >= 0.3 is 12.1 Å². The number of alkyl halides is 3. The Balaban J connectivity index is 1.47. The minimum atomic E-state index is -4.45. The highest BCUT2D eigenvalue weighted by atomic mass is 19.4. The highest BCUT2D eigenvalue weighted by Gasteiger charge is 2.31. The lowest BCUT2D eigenvalue weighted by atomic mass is 10.1. The number of piperazine rings is 1. The molecule has 35 heavy (non-hydrogen) atoms. The quantitative estimate of drug-likeness (QED) is 0.524. The minimum Gasteiger partial charge on any atom is -0.478 e. The van der Waals surface area contributed by atoms with Crippen molar-refractivity contribution in [2.45, 2.75) is 6.18 Å². The molecule has 0 radical (unpaired) electrons. The Morgan fingerprint density at radius 1 is 0.971 bits per heavy atom. The number of carboxylic acids is 1. The molecule has 1 amide bonds. The molecule has 0 unspecified atom stereocenters. The number of rotatable bonds is 5. The molecule has 0 aliphatic carbocycles. The molecule has 1 saturated heterocycles. The van der Waals surface area contributed by atoms with E-state index in [9.17, 15) is 27.2 Å². The van der Waals surface area contributed by atoms with Crippen molar-refractivity contribution < 1.29 is 37.0 Å². The Morgan fingerprint density at radius 3 is 2.37 bits per heavy atom. The lowest BCUT2D eigenvalue weighted by molar-refractivity contribution is -0.137. The van der Waals surface area contributed by atoms with Gasteiger partial charge in [-0.05, 0) is 48.5 Å². The number of pyridine rings is 1. The number of carboxylic acid groups (broad SMARTS) is 1. The van der Waals surface area contributed by atoms with Gasteiger partial charge in [-0.1, -0.05) is 6.07 Å². The molecule has 1 fully saturated rings. The van der Waals surface area contributed by atoms with Crippen molar-refractivity contribution in [3.8, 4) is 11.6 Å². The fourth-order valence-corrected chi connectivity index (χ4v) is 3.67. The first-order chi connectivity index (χ1) is 16.6. The zero-order valence-electron chi connectivity index (χ0n) is 18.1. The predicted octanol–water partition coefficient (Wildman–Crippen LogP) is 4.69. The molecule has 3 aromatic rings. The molecule has 1 aliphatic rings. The molecule has 1 N–H and O–H groups in total. The van der Waals surface area contributed by atoms with Crippen molar-refractivity contribution in [2.75, 3.05) is 31.1 Å². The van der Waals surface area contributed by atoms with Crippen LogP contribution in [0.15, 0.2) is 60.8 Å². The smallest absolute Gasteiger partial charge is 0.416 e. The number of hydrogen-bond acceptors (Lipinski definition) is 5. The fourth-order valence-electron chi connectivity index (χ4n) is 3.67. The Kier molecular flexibility index (Phi) is 6.59. The van der Waals surface area contributed by atoms with Crippen molar-refractivity contribution in [3.05, 3.63) is 83.3 Å². The van der Waals surface area contributed by atoms with Crippen molar-refractivity contribution in [3.63, 3.8) is 0 Å². The van der Waals surface area contributed by atoms with Gasteiger partial charge in [0.05, 0.1) is 11.1 Å².